The minimum Gasteiger partial charge on any atom is -0.366 e. The minimum atomic E-state index is -0.486. The molecule has 1 unspecified atom stereocenters. The van der Waals surface area contributed by atoms with Crippen molar-refractivity contribution in [2.75, 3.05) is 19.6 Å². The van der Waals surface area contributed by atoms with E-state index in [0.717, 1.165) is 25.9 Å². The van der Waals surface area contributed by atoms with E-state index in [-0.39, 0.29) is 5.91 Å². The lowest BCUT2D eigenvalue weighted by Gasteiger charge is -2.22. The molecule has 1 aliphatic heterocycles. The van der Waals surface area contributed by atoms with Gasteiger partial charge >= 0.3 is 0 Å². The van der Waals surface area contributed by atoms with Crippen molar-refractivity contribution < 1.29 is 9.59 Å². The number of hydrogen-bond donors (Lipinski definition) is 3. The summed E-state index contributed by atoms with van der Waals surface area (Å²) in [4.78, 5) is 22.8. The summed E-state index contributed by atoms with van der Waals surface area (Å²) in [6.45, 7) is 2.71. The van der Waals surface area contributed by atoms with Crippen LogP contribution in [0, 0.1) is 5.92 Å². The summed E-state index contributed by atoms with van der Waals surface area (Å²) >= 11 is 0. The van der Waals surface area contributed by atoms with Gasteiger partial charge in [0.05, 0.1) is 0 Å². The third-order valence-corrected chi connectivity index (χ3v) is 3.38. The maximum absolute atomic E-state index is 11.9. The number of carbonyl (C=O) groups is 2. The van der Waals surface area contributed by atoms with Gasteiger partial charge < -0.3 is 16.4 Å². The van der Waals surface area contributed by atoms with Crippen molar-refractivity contribution in [2.45, 2.75) is 12.8 Å². The topological polar surface area (TPSA) is 84.2 Å². The van der Waals surface area contributed by atoms with Crippen LogP contribution < -0.4 is 16.4 Å². The van der Waals surface area contributed by atoms with E-state index in [1.54, 1.807) is 24.3 Å². The number of primary amides is 1. The number of carbonyl (C=O) groups excluding carboxylic acids is 2. The molecular weight excluding hydrogens is 242 g/mol. The van der Waals surface area contributed by atoms with Crippen molar-refractivity contribution in [2.24, 2.45) is 11.7 Å². The van der Waals surface area contributed by atoms with Crippen molar-refractivity contribution in [3.05, 3.63) is 35.4 Å². The molecule has 2 rings (SSSR count). The Balaban J connectivity index is 1.86. The normalized spacial score (nSPS) is 18.8. The quantitative estimate of drug-likeness (QED) is 0.738. The molecule has 1 aromatic carbocycles. The van der Waals surface area contributed by atoms with Crippen LogP contribution in [0.1, 0.15) is 33.6 Å². The van der Waals surface area contributed by atoms with Crippen molar-refractivity contribution >= 4 is 11.8 Å². The van der Waals surface area contributed by atoms with E-state index in [1.165, 1.54) is 0 Å². The zero-order valence-corrected chi connectivity index (χ0v) is 10.8. The summed E-state index contributed by atoms with van der Waals surface area (Å²) in [5, 5.41) is 6.24. The van der Waals surface area contributed by atoms with Crippen molar-refractivity contribution in [1.29, 1.82) is 0 Å². The van der Waals surface area contributed by atoms with Gasteiger partial charge in [-0.3, -0.25) is 9.59 Å². The Labute approximate surface area is 112 Å². The Morgan fingerprint density at radius 3 is 2.53 bits per heavy atom. The van der Waals surface area contributed by atoms with E-state index >= 15 is 0 Å². The fourth-order valence-electron chi connectivity index (χ4n) is 2.22. The van der Waals surface area contributed by atoms with Gasteiger partial charge in [0, 0.05) is 17.7 Å². The summed E-state index contributed by atoms with van der Waals surface area (Å²) in [5.74, 6) is -0.0931. The second-order valence-electron chi connectivity index (χ2n) is 4.86. The molecule has 1 aromatic rings. The molecule has 5 heteroatoms. The standard InChI is InChI=1S/C14H19N3O2/c15-13(18)11-3-5-12(6-4-11)14(19)17-9-10-2-1-7-16-8-10/h3-6,10,16H,1-2,7-9H2,(H2,15,18)(H,17,19). The molecule has 0 spiro atoms. The number of benzene rings is 1. The summed E-state index contributed by atoms with van der Waals surface area (Å²) in [6, 6.07) is 6.38. The number of nitrogens with two attached hydrogens (primary N) is 1. The van der Waals surface area contributed by atoms with Crippen LogP contribution in [-0.2, 0) is 0 Å². The Morgan fingerprint density at radius 2 is 1.95 bits per heavy atom. The Morgan fingerprint density at radius 1 is 1.26 bits per heavy atom. The number of rotatable bonds is 4. The van der Waals surface area contributed by atoms with Gasteiger partial charge in [-0.2, -0.15) is 0 Å². The van der Waals surface area contributed by atoms with Gasteiger partial charge in [0.1, 0.15) is 0 Å². The summed E-state index contributed by atoms with van der Waals surface area (Å²) in [5.41, 5.74) is 6.11. The predicted octanol–water partition coefficient (Wildman–Crippen LogP) is 0.515. The van der Waals surface area contributed by atoms with E-state index in [1.807, 2.05) is 0 Å². The van der Waals surface area contributed by atoms with Crippen LogP contribution in [0.2, 0.25) is 0 Å². The van der Waals surface area contributed by atoms with Crippen LogP contribution in [0.25, 0.3) is 0 Å². The molecule has 0 aliphatic carbocycles. The number of piperidine rings is 1. The fraction of sp³-hybridized carbons (Fsp3) is 0.429. The number of amides is 2. The van der Waals surface area contributed by atoms with Gasteiger partial charge in [-0.05, 0) is 56.1 Å². The zero-order valence-electron chi connectivity index (χ0n) is 10.8. The molecule has 0 saturated carbocycles. The highest BCUT2D eigenvalue weighted by atomic mass is 16.2. The SMILES string of the molecule is NC(=O)c1ccc(C(=O)NCC2CCCNC2)cc1. The zero-order chi connectivity index (χ0) is 13.7. The molecule has 0 radical (unpaired) electrons. The lowest BCUT2D eigenvalue weighted by atomic mass is 9.99. The molecule has 1 heterocycles. The molecule has 1 aliphatic rings. The molecule has 5 nitrogen and oxygen atoms in total. The van der Waals surface area contributed by atoms with Crippen LogP contribution in [0.5, 0.6) is 0 Å². The Kier molecular flexibility index (Phi) is 4.52. The summed E-state index contributed by atoms with van der Waals surface area (Å²) < 4.78 is 0. The second-order valence-corrected chi connectivity index (χ2v) is 4.86. The highest BCUT2D eigenvalue weighted by Crippen LogP contribution is 2.09. The minimum absolute atomic E-state index is 0.110. The molecule has 1 fully saturated rings. The molecule has 4 N–H and O–H groups in total. The van der Waals surface area contributed by atoms with Gasteiger partial charge in [0.2, 0.25) is 5.91 Å². The van der Waals surface area contributed by atoms with E-state index in [2.05, 4.69) is 10.6 Å². The van der Waals surface area contributed by atoms with Crippen LogP contribution >= 0.6 is 0 Å². The molecule has 19 heavy (non-hydrogen) atoms. The third kappa shape index (κ3) is 3.79. The first-order valence-corrected chi connectivity index (χ1v) is 6.55. The first-order chi connectivity index (χ1) is 9.16. The van der Waals surface area contributed by atoms with Crippen LogP contribution in [0.3, 0.4) is 0 Å². The second kappa shape index (κ2) is 6.33. The average Bonchev–Trinajstić information content (AvgIpc) is 2.46. The molecule has 0 aromatic heterocycles. The molecule has 1 saturated heterocycles. The fourth-order valence-corrected chi connectivity index (χ4v) is 2.22. The first kappa shape index (κ1) is 13.5. The van der Waals surface area contributed by atoms with Crippen molar-refractivity contribution in [3.8, 4) is 0 Å². The van der Waals surface area contributed by atoms with E-state index < -0.39 is 5.91 Å². The summed E-state index contributed by atoms with van der Waals surface area (Å²) in [6.07, 6.45) is 2.31. The van der Waals surface area contributed by atoms with E-state index in [9.17, 15) is 9.59 Å². The smallest absolute Gasteiger partial charge is 0.251 e. The third-order valence-electron chi connectivity index (χ3n) is 3.38. The van der Waals surface area contributed by atoms with Crippen LogP contribution in [0.15, 0.2) is 24.3 Å². The molecule has 2 amide bonds. The van der Waals surface area contributed by atoms with Gasteiger partial charge in [0.15, 0.2) is 0 Å². The average molecular weight is 261 g/mol. The van der Waals surface area contributed by atoms with Crippen molar-refractivity contribution in [3.63, 3.8) is 0 Å². The van der Waals surface area contributed by atoms with Crippen LogP contribution in [0.4, 0.5) is 0 Å². The monoisotopic (exact) mass is 261 g/mol. The predicted molar refractivity (Wildman–Crippen MR) is 72.9 cm³/mol. The summed E-state index contributed by atoms with van der Waals surface area (Å²) in [7, 11) is 0. The highest BCUT2D eigenvalue weighted by Gasteiger charge is 2.14. The lowest BCUT2D eigenvalue weighted by molar-refractivity contribution is 0.0942. The van der Waals surface area contributed by atoms with Crippen LogP contribution in [-0.4, -0.2) is 31.4 Å². The number of nitrogens with one attached hydrogen (secondary N) is 2. The molecule has 1 atom stereocenters. The Bertz CT molecular complexity index is 450. The number of hydrogen-bond acceptors (Lipinski definition) is 3. The van der Waals surface area contributed by atoms with E-state index in [4.69, 9.17) is 5.73 Å². The molecule has 0 bridgehead atoms. The van der Waals surface area contributed by atoms with Gasteiger partial charge in [-0.1, -0.05) is 0 Å². The van der Waals surface area contributed by atoms with E-state index in [0.29, 0.717) is 23.6 Å². The van der Waals surface area contributed by atoms with Gasteiger partial charge in [-0.15, -0.1) is 0 Å². The molecular formula is C14H19N3O2. The largest absolute Gasteiger partial charge is 0.366 e. The maximum Gasteiger partial charge on any atom is 0.251 e. The van der Waals surface area contributed by atoms with Gasteiger partial charge in [0.25, 0.3) is 5.91 Å². The molecule has 102 valence electrons. The maximum atomic E-state index is 11.9. The lowest BCUT2D eigenvalue weighted by Crippen LogP contribution is -2.38. The van der Waals surface area contributed by atoms with Gasteiger partial charge in [-0.25, -0.2) is 0 Å². The highest BCUT2D eigenvalue weighted by molar-refractivity contribution is 5.97. The Hall–Kier alpha value is -1.88. The first-order valence-electron chi connectivity index (χ1n) is 6.55. The van der Waals surface area contributed by atoms with Crippen molar-refractivity contribution in [1.82, 2.24) is 10.6 Å².